The lowest BCUT2D eigenvalue weighted by Gasteiger charge is -2.20. The molecule has 0 heterocycles. The van der Waals surface area contributed by atoms with Crippen molar-refractivity contribution < 1.29 is 25.5 Å². The van der Waals surface area contributed by atoms with Gasteiger partial charge in [-0.05, 0) is 96.7 Å². The van der Waals surface area contributed by atoms with Crippen molar-refractivity contribution in [2.24, 2.45) is 0 Å². The van der Waals surface area contributed by atoms with Gasteiger partial charge >= 0.3 is 0 Å². The third-order valence-electron chi connectivity index (χ3n) is 9.87. The fraction of sp³-hybridized carbons (Fsp3) is 0.0833. The summed E-state index contributed by atoms with van der Waals surface area (Å²) in [5.74, 6) is -4.28. The molecule has 0 bridgehead atoms. The van der Waals surface area contributed by atoms with Gasteiger partial charge in [0.2, 0.25) is 17.2 Å². The van der Waals surface area contributed by atoms with E-state index >= 15 is 0 Å². The maximum atomic E-state index is 11.1. The maximum absolute atomic E-state index is 11.1. The topological polar surface area (TPSA) is 101 Å². The Morgan fingerprint density at radius 1 is 0.415 bits per heavy atom. The SMILES string of the molecule is C/C=C\c1ccc(-c2ccccc2-c2cccc3ccc(-c4c5ccccc5c(-c5c(O)c(O)c(O)c(O)c5O)c5ccccc45)cc23)cc1C.CC. The highest BCUT2D eigenvalue weighted by atomic mass is 16.4. The standard InChI is InChI=1S/C46H34O5.C2H6/c1-3-11-27-20-22-29(24-26(27)2)31-13-4-5-14-32(31)33-19-10-12-28-21-23-30(25-38(28)33)39-34-15-6-8-17-36(34)40(37-18-9-7-16-35(37)39)41-42(47)44(49)46(51)45(50)43(41)48;1-2/h3-25,47-51H,1-2H3;1-2H3/b11-3-;. The first-order chi connectivity index (χ1) is 25.8. The molecule has 8 aromatic carbocycles. The van der Waals surface area contributed by atoms with Crippen LogP contribution in [0, 0.1) is 6.92 Å². The van der Waals surface area contributed by atoms with E-state index in [1.54, 1.807) is 0 Å². The molecule has 0 amide bonds. The molecular weight excluding hydrogens is 657 g/mol. The van der Waals surface area contributed by atoms with Crippen LogP contribution in [-0.2, 0) is 0 Å². The molecule has 0 saturated carbocycles. The molecule has 0 aliphatic rings. The molecule has 0 unspecified atom stereocenters. The minimum absolute atomic E-state index is 0.173. The smallest absolute Gasteiger partial charge is 0.208 e. The summed E-state index contributed by atoms with van der Waals surface area (Å²) in [5.41, 5.74) is 9.10. The average molecular weight is 697 g/mol. The first-order valence-corrected chi connectivity index (χ1v) is 17.8. The molecule has 8 aromatic rings. The van der Waals surface area contributed by atoms with E-state index in [0.29, 0.717) is 16.3 Å². The molecule has 0 saturated heterocycles. The van der Waals surface area contributed by atoms with Crippen molar-refractivity contribution in [1.82, 2.24) is 0 Å². The number of hydrogen-bond donors (Lipinski definition) is 5. The monoisotopic (exact) mass is 696 g/mol. The second-order valence-corrected chi connectivity index (χ2v) is 12.8. The van der Waals surface area contributed by atoms with Crippen LogP contribution in [-0.4, -0.2) is 25.5 Å². The number of aryl methyl sites for hydroxylation is 1. The molecule has 0 aliphatic carbocycles. The van der Waals surface area contributed by atoms with Gasteiger partial charge in [-0.25, -0.2) is 0 Å². The van der Waals surface area contributed by atoms with Crippen LogP contribution in [0.5, 0.6) is 28.7 Å². The van der Waals surface area contributed by atoms with E-state index < -0.39 is 28.7 Å². The van der Waals surface area contributed by atoms with E-state index in [9.17, 15) is 25.5 Å². The Morgan fingerprint density at radius 3 is 1.51 bits per heavy atom. The predicted molar refractivity (Wildman–Crippen MR) is 220 cm³/mol. The highest BCUT2D eigenvalue weighted by Gasteiger charge is 2.28. The number of allylic oxidation sites excluding steroid dienone is 1. The quantitative estimate of drug-likeness (QED) is 0.0700. The number of fused-ring (bicyclic) bond motifs is 3. The summed E-state index contributed by atoms with van der Waals surface area (Å²) >= 11 is 0. The Hall–Kier alpha value is -6.72. The molecule has 8 rings (SSSR count). The van der Waals surface area contributed by atoms with Crippen molar-refractivity contribution in [2.75, 3.05) is 0 Å². The Labute approximate surface area is 308 Å². The molecule has 5 nitrogen and oxygen atoms in total. The first kappa shape index (κ1) is 34.7. The summed E-state index contributed by atoms with van der Waals surface area (Å²) in [7, 11) is 0. The van der Waals surface area contributed by atoms with Crippen LogP contribution in [0.2, 0.25) is 0 Å². The second kappa shape index (κ2) is 14.1. The van der Waals surface area contributed by atoms with Crippen LogP contribution >= 0.6 is 0 Å². The lowest BCUT2D eigenvalue weighted by molar-refractivity contribution is 0.330. The van der Waals surface area contributed by atoms with Gasteiger partial charge in [0.25, 0.3) is 0 Å². The summed E-state index contributed by atoms with van der Waals surface area (Å²) in [6.07, 6.45) is 4.18. The average Bonchev–Trinajstić information content (AvgIpc) is 3.20. The molecule has 262 valence electrons. The van der Waals surface area contributed by atoms with Crippen LogP contribution in [0.4, 0.5) is 0 Å². The van der Waals surface area contributed by atoms with Crippen molar-refractivity contribution in [1.29, 1.82) is 0 Å². The molecule has 53 heavy (non-hydrogen) atoms. The molecule has 5 N–H and O–H groups in total. The van der Waals surface area contributed by atoms with Gasteiger partial charge in [0.1, 0.15) is 0 Å². The van der Waals surface area contributed by atoms with Gasteiger partial charge in [-0.15, -0.1) is 0 Å². The summed E-state index contributed by atoms with van der Waals surface area (Å²) in [6, 6.07) is 43.3. The largest absolute Gasteiger partial charge is 0.504 e. The lowest BCUT2D eigenvalue weighted by atomic mass is 9.84. The zero-order valence-corrected chi connectivity index (χ0v) is 30.0. The molecule has 0 aromatic heterocycles. The maximum Gasteiger partial charge on any atom is 0.208 e. The van der Waals surface area contributed by atoms with E-state index in [1.165, 1.54) is 11.1 Å². The number of benzene rings is 8. The fourth-order valence-electron chi connectivity index (χ4n) is 7.47. The van der Waals surface area contributed by atoms with Crippen molar-refractivity contribution in [3.8, 4) is 73.3 Å². The van der Waals surface area contributed by atoms with Gasteiger partial charge in [-0.3, -0.25) is 0 Å². The number of phenolic OH excluding ortho intramolecular Hbond substituents is 5. The molecule has 0 fully saturated rings. The summed E-state index contributed by atoms with van der Waals surface area (Å²) in [5, 5.41) is 58.6. The molecule has 0 spiro atoms. The van der Waals surface area contributed by atoms with Gasteiger partial charge in [0.15, 0.2) is 11.5 Å². The molecule has 5 heteroatoms. The molecule has 0 radical (unpaired) electrons. The Balaban J connectivity index is 0.00000214. The summed E-state index contributed by atoms with van der Waals surface area (Å²) in [6.45, 7) is 8.17. The van der Waals surface area contributed by atoms with Crippen LogP contribution in [0.15, 0.2) is 133 Å². The Bertz CT molecular complexity index is 2640. The molecule has 0 atom stereocenters. The summed E-state index contributed by atoms with van der Waals surface area (Å²) in [4.78, 5) is 0. The van der Waals surface area contributed by atoms with Crippen molar-refractivity contribution in [3.63, 3.8) is 0 Å². The van der Waals surface area contributed by atoms with Gasteiger partial charge in [0.05, 0.1) is 5.56 Å². The third kappa shape index (κ3) is 5.77. The Kier molecular flexibility index (Phi) is 9.25. The number of hydrogen-bond acceptors (Lipinski definition) is 5. The van der Waals surface area contributed by atoms with Gasteiger partial charge in [-0.2, -0.15) is 0 Å². The molecule has 0 aliphatic heterocycles. The van der Waals surface area contributed by atoms with Crippen molar-refractivity contribution in [2.45, 2.75) is 27.7 Å². The minimum Gasteiger partial charge on any atom is -0.504 e. The van der Waals surface area contributed by atoms with E-state index in [4.69, 9.17) is 0 Å². The fourth-order valence-corrected chi connectivity index (χ4v) is 7.47. The predicted octanol–water partition coefficient (Wildman–Crippen LogP) is 12.7. The van der Waals surface area contributed by atoms with Gasteiger partial charge < -0.3 is 25.5 Å². The third-order valence-corrected chi connectivity index (χ3v) is 9.87. The van der Waals surface area contributed by atoms with E-state index in [-0.39, 0.29) is 5.56 Å². The van der Waals surface area contributed by atoms with Crippen molar-refractivity contribution in [3.05, 3.63) is 145 Å². The zero-order chi connectivity index (χ0) is 37.4. The first-order valence-electron chi connectivity index (χ1n) is 17.8. The normalized spacial score (nSPS) is 11.3. The van der Waals surface area contributed by atoms with Gasteiger partial charge in [-0.1, -0.05) is 147 Å². The van der Waals surface area contributed by atoms with Crippen LogP contribution in [0.3, 0.4) is 0 Å². The van der Waals surface area contributed by atoms with Gasteiger partial charge in [0, 0.05) is 5.56 Å². The van der Waals surface area contributed by atoms with Crippen LogP contribution in [0.1, 0.15) is 31.9 Å². The van der Waals surface area contributed by atoms with Crippen LogP contribution in [0.25, 0.3) is 82.9 Å². The Morgan fingerprint density at radius 2 is 0.925 bits per heavy atom. The highest BCUT2D eigenvalue weighted by Crippen LogP contribution is 2.57. The molecular formula is C48H40O5. The van der Waals surface area contributed by atoms with Crippen LogP contribution < -0.4 is 0 Å². The summed E-state index contributed by atoms with van der Waals surface area (Å²) < 4.78 is 0. The number of aromatic hydroxyl groups is 5. The zero-order valence-electron chi connectivity index (χ0n) is 30.0. The number of phenols is 5. The van der Waals surface area contributed by atoms with Crippen molar-refractivity contribution >= 4 is 38.4 Å². The second-order valence-electron chi connectivity index (χ2n) is 12.8. The van der Waals surface area contributed by atoms with E-state index in [2.05, 4.69) is 97.9 Å². The highest BCUT2D eigenvalue weighted by molar-refractivity contribution is 6.23. The van der Waals surface area contributed by atoms with E-state index in [0.717, 1.165) is 54.9 Å². The lowest BCUT2D eigenvalue weighted by Crippen LogP contribution is -1.93. The number of rotatable bonds is 5. The van der Waals surface area contributed by atoms with E-state index in [1.807, 2.05) is 69.3 Å². The minimum atomic E-state index is -0.992.